The lowest BCUT2D eigenvalue weighted by atomic mass is 10.0. The lowest BCUT2D eigenvalue weighted by Gasteiger charge is -2.29. The average Bonchev–Trinajstić information content (AvgIpc) is 2.72. The third-order valence-corrected chi connectivity index (χ3v) is 5.08. The second kappa shape index (κ2) is 9.27. The number of nitrogens with two attached hydrogens (primary N) is 1. The van der Waals surface area contributed by atoms with Crippen molar-refractivity contribution in [1.82, 2.24) is 5.32 Å². The largest absolute Gasteiger partial charge is 0.493 e. The highest BCUT2D eigenvalue weighted by molar-refractivity contribution is 14.0. The SMILES string of the molecule is I.NC(=NCC(=O)N1CCCc2ccccc21)NC1CCOc2ccccc21. The van der Waals surface area contributed by atoms with Gasteiger partial charge in [0.25, 0.3) is 0 Å². The number of nitrogens with zero attached hydrogens (tertiary/aromatic N) is 2. The van der Waals surface area contributed by atoms with E-state index in [9.17, 15) is 4.79 Å². The molecule has 3 N–H and O–H groups in total. The summed E-state index contributed by atoms with van der Waals surface area (Å²) in [6, 6.07) is 16.0. The van der Waals surface area contributed by atoms with Crippen molar-refractivity contribution in [3.05, 3.63) is 59.7 Å². The Morgan fingerprint density at radius 3 is 2.89 bits per heavy atom. The number of aryl methyl sites for hydroxylation is 1. The number of nitrogens with one attached hydrogen (secondary N) is 1. The van der Waals surface area contributed by atoms with E-state index in [1.165, 1.54) is 5.56 Å². The second-order valence-corrected chi connectivity index (χ2v) is 6.85. The third kappa shape index (κ3) is 4.40. The number of carbonyl (C=O) groups excluding carboxylic acids is 1. The highest BCUT2D eigenvalue weighted by Crippen LogP contribution is 2.31. The van der Waals surface area contributed by atoms with Crippen LogP contribution in [0.15, 0.2) is 53.5 Å². The number of ether oxygens (including phenoxy) is 1. The van der Waals surface area contributed by atoms with Gasteiger partial charge in [-0.3, -0.25) is 4.79 Å². The summed E-state index contributed by atoms with van der Waals surface area (Å²) in [4.78, 5) is 18.8. The predicted molar refractivity (Wildman–Crippen MR) is 121 cm³/mol. The van der Waals surface area contributed by atoms with Gasteiger partial charge in [-0.15, -0.1) is 24.0 Å². The van der Waals surface area contributed by atoms with E-state index in [1.807, 2.05) is 47.4 Å². The Morgan fingerprint density at radius 1 is 1.21 bits per heavy atom. The minimum absolute atomic E-state index is 0. The summed E-state index contributed by atoms with van der Waals surface area (Å²) in [6.07, 6.45) is 2.79. The summed E-state index contributed by atoms with van der Waals surface area (Å²) in [6.45, 7) is 1.40. The minimum atomic E-state index is -0.0284. The lowest BCUT2D eigenvalue weighted by Crippen LogP contribution is -2.40. The zero-order valence-electron chi connectivity index (χ0n) is 15.6. The fourth-order valence-electron chi connectivity index (χ4n) is 3.75. The molecule has 0 fully saturated rings. The first-order chi connectivity index (χ1) is 13.2. The van der Waals surface area contributed by atoms with E-state index in [4.69, 9.17) is 10.5 Å². The number of anilines is 1. The number of benzene rings is 2. The van der Waals surface area contributed by atoms with E-state index in [-0.39, 0.29) is 48.4 Å². The maximum absolute atomic E-state index is 12.7. The molecular weight excluding hydrogens is 467 g/mol. The summed E-state index contributed by atoms with van der Waals surface area (Å²) >= 11 is 0. The predicted octanol–water partition coefficient (Wildman–Crippen LogP) is 3.01. The lowest BCUT2D eigenvalue weighted by molar-refractivity contribution is -0.117. The Labute approximate surface area is 182 Å². The second-order valence-electron chi connectivity index (χ2n) is 6.85. The van der Waals surface area contributed by atoms with Gasteiger partial charge >= 0.3 is 0 Å². The number of hydrogen-bond donors (Lipinski definition) is 2. The molecule has 0 saturated carbocycles. The maximum atomic E-state index is 12.7. The molecule has 2 aliphatic heterocycles. The van der Waals surface area contributed by atoms with Crippen LogP contribution >= 0.6 is 24.0 Å². The number of aliphatic imine (C=N–C) groups is 1. The minimum Gasteiger partial charge on any atom is -0.493 e. The molecule has 2 aromatic rings. The number of rotatable bonds is 3. The van der Waals surface area contributed by atoms with Crippen LogP contribution in [0.25, 0.3) is 0 Å². The molecular formula is C21H25IN4O2. The van der Waals surface area contributed by atoms with E-state index in [0.29, 0.717) is 6.61 Å². The molecule has 0 aliphatic carbocycles. The standard InChI is InChI=1S/C21H24N4O2.HI/c22-21(24-17-11-13-27-19-10-4-2-8-16(17)19)23-14-20(26)25-12-5-7-15-6-1-3-9-18(15)25;/h1-4,6,8-10,17H,5,7,11-14H2,(H3,22,23,24);1H. The quantitative estimate of drug-likeness (QED) is 0.392. The summed E-state index contributed by atoms with van der Waals surface area (Å²) in [5.74, 6) is 1.13. The fourth-order valence-corrected chi connectivity index (χ4v) is 3.75. The average molecular weight is 492 g/mol. The number of halogens is 1. The van der Waals surface area contributed by atoms with Crippen LogP contribution in [-0.2, 0) is 11.2 Å². The van der Waals surface area contributed by atoms with Crippen LogP contribution in [0.3, 0.4) is 0 Å². The van der Waals surface area contributed by atoms with Gasteiger partial charge in [0.05, 0.1) is 12.6 Å². The van der Waals surface area contributed by atoms with Gasteiger partial charge in [0.15, 0.2) is 5.96 Å². The van der Waals surface area contributed by atoms with Crippen LogP contribution in [0.2, 0.25) is 0 Å². The van der Waals surface area contributed by atoms with Crippen molar-refractivity contribution < 1.29 is 9.53 Å². The molecule has 2 heterocycles. The normalized spacial score (nSPS) is 18.2. The Hall–Kier alpha value is -2.29. The highest BCUT2D eigenvalue weighted by atomic mass is 127. The number of hydrogen-bond acceptors (Lipinski definition) is 3. The summed E-state index contributed by atoms with van der Waals surface area (Å²) in [5.41, 5.74) is 9.34. The van der Waals surface area contributed by atoms with Gasteiger partial charge in [-0.25, -0.2) is 4.99 Å². The highest BCUT2D eigenvalue weighted by Gasteiger charge is 2.23. The molecule has 1 amide bonds. The first-order valence-electron chi connectivity index (χ1n) is 9.39. The first kappa shape index (κ1) is 20.4. The van der Waals surface area contributed by atoms with Crippen LogP contribution in [0.5, 0.6) is 5.75 Å². The molecule has 0 radical (unpaired) electrons. The van der Waals surface area contributed by atoms with Crippen LogP contribution in [0, 0.1) is 0 Å². The van der Waals surface area contributed by atoms with Crippen molar-refractivity contribution in [2.75, 3.05) is 24.6 Å². The Balaban J connectivity index is 0.00000225. The van der Waals surface area contributed by atoms with Gasteiger partial charge in [-0.2, -0.15) is 0 Å². The number of guanidine groups is 1. The van der Waals surface area contributed by atoms with Gasteiger partial charge in [0.2, 0.25) is 5.91 Å². The molecule has 4 rings (SSSR count). The van der Waals surface area contributed by atoms with Gasteiger partial charge < -0.3 is 20.7 Å². The number of fused-ring (bicyclic) bond motifs is 2. The fraction of sp³-hybridized carbons (Fsp3) is 0.333. The molecule has 0 bridgehead atoms. The van der Waals surface area contributed by atoms with Crippen molar-refractivity contribution in [3.8, 4) is 5.75 Å². The van der Waals surface area contributed by atoms with Gasteiger partial charge in [0, 0.05) is 24.2 Å². The topological polar surface area (TPSA) is 80.0 Å². The molecule has 28 heavy (non-hydrogen) atoms. The molecule has 7 heteroatoms. The Morgan fingerprint density at radius 2 is 2.00 bits per heavy atom. The van der Waals surface area contributed by atoms with E-state index >= 15 is 0 Å². The van der Waals surface area contributed by atoms with E-state index in [1.54, 1.807) is 0 Å². The third-order valence-electron chi connectivity index (χ3n) is 5.08. The Bertz CT molecular complexity index is 871. The number of para-hydroxylation sites is 2. The zero-order chi connectivity index (χ0) is 18.6. The van der Waals surface area contributed by atoms with Crippen molar-refractivity contribution in [1.29, 1.82) is 0 Å². The molecule has 2 aliphatic rings. The molecule has 2 aromatic carbocycles. The van der Waals surface area contributed by atoms with Crippen LogP contribution in [-0.4, -0.2) is 31.6 Å². The van der Waals surface area contributed by atoms with Gasteiger partial charge in [0.1, 0.15) is 12.3 Å². The maximum Gasteiger partial charge on any atom is 0.248 e. The smallest absolute Gasteiger partial charge is 0.248 e. The van der Waals surface area contributed by atoms with E-state index in [2.05, 4.69) is 16.4 Å². The van der Waals surface area contributed by atoms with E-state index < -0.39 is 0 Å². The molecule has 0 spiro atoms. The van der Waals surface area contributed by atoms with Crippen molar-refractivity contribution >= 4 is 41.5 Å². The summed E-state index contributed by atoms with van der Waals surface area (Å²) in [5, 5.41) is 3.23. The Kier molecular flexibility index (Phi) is 6.77. The molecule has 1 atom stereocenters. The molecule has 0 aromatic heterocycles. The molecule has 6 nitrogen and oxygen atoms in total. The number of amides is 1. The van der Waals surface area contributed by atoms with Gasteiger partial charge in [-0.1, -0.05) is 36.4 Å². The monoisotopic (exact) mass is 492 g/mol. The van der Waals surface area contributed by atoms with Crippen LogP contribution in [0.4, 0.5) is 5.69 Å². The number of carbonyl (C=O) groups is 1. The molecule has 1 unspecified atom stereocenters. The van der Waals surface area contributed by atoms with Crippen molar-refractivity contribution in [2.24, 2.45) is 10.7 Å². The molecule has 148 valence electrons. The molecule has 0 saturated heterocycles. The van der Waals surface area contributed by atoms with Crippen molar-refractivity contribution in [2.45, 2.75) is 25.3 Å². The van der Waals surface area contributed by atoms with Gasteiger partial charge in [-0.05, 0) is 30.5 Å². The van der Waals surface area contributed by atoms with Crippen molar-refractivity contribution in [3.63, 3.8) is 0 Å². The van der Waals surface area contributed by atoms with Crippen LogP contribution < -0.4 is 20.7 Å². The summed E-state index contributed by atoms with van der Waals surface area (Å²) in [7, 11) is 0. The summed E-state index contributed by atoms with van der Waals surface area (Å²) < 4.78 is 5.66. The zero-order valence-corrected chi connectivity index (χ0v) is 18.0. The van der Waals surface area contributed by atoms with E-state index in [0.717, 1.165) is 42.8 Å². The first-order valence-corrected chi connectivity index (χ1v) is 9.39. The van der Waals surface area contributed by atoms with Crippen LogP contribution in [0.1, 0.15) is 30.0 Å².